The molecule has 0 atom stereocenters. The van der Waals surface area contributed by atoms with E-state index in [4.69, 9.17) is 10.5 Å². The molecule has 1 aromatic carbocycles. The molecule has 0 spiro atoms. The lowest BCUT2D eigenvalue weighted by Crippen LogP contribution is -2.13. The molecule has 2 rings (SSSR count). The molecule has 1 aliphatic rings. The smallest absolute Gasteiger partial charge is 0.142 e. The van der Waals surface area contributed by atoms with E-state index in [1.165, 1.54) is 56.9 Å². The van der Waals surface area contributed by atoms with Crippen molar-refractivity contribution >= 4 is 5.69 Å². The molecule has 1 aromatic rings. The fourth-order valence-electron chi connectivity index (χ4n) is 3.58. The van der Waals surface area contributed by atoms with E-state index < -0.39 is 0 Å². The molecule has 2 heteroatoms. The number of rotatable bonds is 7. The van der Waals surface area contributed by atoms with Crippen LogP contribution in [-0.2, 0) is 0 Å². The van der Waals surface area contributed by atoms with Gasteiger partial charge in [0.05, 0.1) is 12.3 Å². The van der Waals surface area contributed by atoms with Crippen molar-refractivity contribution in [2.75, 3.05) is 12.3 Å². The van der Waals surface area contributed by atoms with E-state index in [-0.39, 0.29) is 0 Å². The Bertz CT molecular complexity index is 422. The van der Waals surface area contributed by atoms with Gasteiger partial charge in [0.1, 0.15) is 5.75 Å². The summed E-state index contributed by atoms with van der Waals surface area (Å²) in [7, 11) is 0. The van der Waals surface area contributed by atoms with Crippen molar-refractivity contribution in [2.24, 2.45) is 5.92 Å². The normalized spacial score (nSPS) is 22.2. The maximum atomic E-state index is 6.10. The highest BCUT2D eigenvalue weighted by Gasteiger charge is 2.22. The van der Waals surface area contributed by atoms with Crippen LogP contribution in [0.3, 0.4) is 0 Å². The van der Waals surface area contributed by atoms with E-state index in [0.29, 0.717) is 12.5 Å². The lowest BCUT2D eigenvalue weighted by atomic mass is 9.77. The zero-order valence-corrected chi connectivity index (χ0v) is 13.7. The van der Waals surface area contributed by atoms with Crippen molar-refractivity contribution < 1.29 is 4.74 Å². The molecule has 0 unspecified atom stereocenters. The van der Waals surface area contributed by atoms with Crippen molar-refractivity contribution in [3.8, 4) is 5.75 Å². The molecule has 21 heavy (non-hydrogen) atoms. The summed E-state index contributed by atoms with van der Waals surface area (Å²) in [5, 5.41) is 0. The number of hydrogen-bond acceptors (Lipinski definition) is 2. The molecular weight excluding hydrogens is 258 g/mol. The Morgan fingerprint density at radius 2 is 1.86 bits per heavy atom. The van der Waals surface area contributed by atoms with Crippen LogP contribution in [-0.4, -0.2) is 6.61 Å². The highest BCUT2D eigenvalue weighted by Crippen LogP contribution is 2.39. The number of nitrogens with two attached hydrogens (primary N) is 1. The Labute approximate surface area is 130 Å². The summed E-state index contributed by atoms with van der Waals surface area (Å²) in [6.07, 6.45) is 11.0. The number of nitrogen functional groups attached to an aromatic ring is 1. The number of ether oxygens (including phenoxy) is 1. The molecule has 1 saturated carbocycles. The minimum atomic E-state index is 0.673. The lowest BCUT2D eigenvalue weighted by molar-refractivity contribution is 0.302. The van der Waals surface area contributed by atoms with Gasteiger partial charge in [0.15, 0.2) is 0 Å². The standard InChI is InChI=1S/C19H31NO/c1-3-5-6-7-15-8-10-16(11-9-15)17-12-13-19(21-4-2)18(20)14-17/h12-16H,3-11,20H2,1-2H3/t15-,16-. The van der Waals surface area contributed by atoms with E-state index >= 15 is 0 Å². The SMILES string of the molecule is CCCCC[C@H]1CC[C@H](c2ccc(OCC)c(N)c2)CC1. The molecule has 0 aliphatic heterocycles. The minimum Gasteiger partial charge on any atom is -0.492 e. The molecule has 0 aromatic heterocycles. The number of hydrogen-bond donors (Lipinski definition) is 1. The Kier molecular flexibility index (Phi) is 6.41. The van der Waals surface area contributed by atoms with Gasteiger partial charge in [0, 0.05) is 0 Å². The van der Waals surface area contributed by atoms with Gasteiger partial charge >= 0.3 is 0 Å². The van der Waals surface area contributed by atoms with Gasteiger partial charge in [-0.3, -0.25) is 0 Å². The molecule has 2 nitrogen and oxygen atoms in total. The maximum absolute atomic E-state index is 6.10. The van der Waals surface area contributed by atoms with Gasteiger partial charge in [-0.05, 0) is 62.1 Å². The molecule has 2 N–H and O–H groups in total. The first-order chi connectivity index (χ1) is 10.2. The predicted molar refractivity (Wildman–Crippen MR) is 90.9 cm³/mol. The summed E-state index contributed by atoms with van der Waals surface area (Å²) < 4.78 is 5.53. The Balaban J connectivity index is 1.85. The first-order valence-electron chi connectivity index (χ1n) is 8.76. The second kappa shape index (κ2) is 8.31. The molecule has 0 amide bonds. The van der Waals surface area contributed by atoms with Crippen molar-refractivity contribution in [3.63, 3.8) is 0 Å². The first kappa shape index (κ1) is 16.2. The Morgan fingerprint density at radius 1 is 1.10 bits per heavy atom. The van der Waals surface area contributed by atoms with Crippen LogP contribution in [0.25, 0.3) is 0 Å². The monoisotopic (exact) mass is 289 g/mol. The van der Waals surface area contributed by atoms with Crippen LogP contribution in [0.2, 0.25) is 0 Å². The van der Waals surface area contributed by atoms with Gasteiger partial charge < -0.3 is 10.5 Å². The Morgan fingerprint density at radius 3 is 2.48 bits per heavy atom. The first-order valence-corrected chi connectivity index (χ1v) is 8.76. The molecule has 0 bridgehead atoms. The molecule has 0 heterocycles. The second-order valence-electron chi connectivity index (χ2n) is 6.44. The Hall–Kier alpha value is -1.18. The van der Waals surface area contributed by atoms with Gasteiger partial charge in [-0.2, -0.15) is 0 Å². The van der Waals surface area contributed by atoms with E-state index in [2.05, 4.69) is 19.1 Å². The second-order valence-corrected chi connectivity index (χ2v) is 6.44. The average Bonchev–Trinajstić information content (AvgIpc) is 2.50. The highest BCUT2D eigenvalue weighted by atomic mass is 16.5. The topological polar surface area (TPSA) is 35.2 Å². The summed E-state index contributed by atoms with van der Waals surface area (Å²) >= 11 is 0. The van der Waals surface area contributed by atoms with E-state index in [0.717, 1.165) is 17.4 Å². The van der Waals surface area contributed by atoms with Gasteiger partial charge in [-0.15, -0.1) is 0 Å². The van der Waals surface area contributed by atoms with Crippen LogP contribution in [0.15, 0.2) is 18.2 Å². The third-order valence-corrected chi connectivity index (χ3v) is 4.87. The minimum absolute atomic E-state index is 0.673. The molecule has 0 radical (unpaired) electrons. The molecule has 1 aliphatic carbocycles. The van der Waals surface area contributed by atoms with Crippen LogP contribution in [0, 0.1) is 5.92 Å². The molecule has 118 valence electrons. The maximum Gasteiger partial charge on any atom is 0.142 e. The van der Waals surface area contributed by atoms with Crippen molar-refractivity contribution in [1.82, 2.24) is 0 Å². The van der Waals surface area contributed by atoms with Crippen molar-refractivity contribution in [1.29, 1.82) is 0 Å². The summed E-state index contributed by atoms with van der Waals surface area (Å²) in [6, 6.07) is 6.39. The number of unbranched alkanes of at least 4 members (excludes halogenated alkanes) is 2. The summed E-state index contributed by atoms with van der Waals surface area (Å²) in [5.74, 6) is 2.49. The van der Waals surface area contributed by atoms with E-state index in [9.17, 15) is 0 Å². The summed E-state index contributed by atoms with van der Waals surface area (Å²) in [4.78, 5) is 0. The number of benzene rings is 1. The van der Waals surface area contributed by atoms with Crippen LogP contribution in [0.1, 0.15) is 76.7 Å². The van der Waals surface area contributed by atoms with E-state index in [1.54, 1.807) is 0 Å². The van der Waals surface area contributed by atoms with E-state index in [1.807, 2.05) is 13.0 Å². The number of anilines is 1. The van der Waals surface area contributed by atoms with Crippen molar-refractivity contribution in [3.05, 3.63) is 23.8 Å². The van der Waals surface area contributed by atoms with Gasteiger partial charge in [0.2, 0.25) is 0 Å². The van der Waals surface area contributed by atoms with Crippen LogP contribution in [0.4, 0.5) is 5.69 Å². The lowest BCUT2D eigenvalue weighted by Gasteiger charge is -2.29. The van der Waals surface area contributed by atoms with Gasteiger partial charge in [0.25, 0.3) is 0 Å². The fourth-order valence-corrected chi connectivity index (χ4v) is 3.58. The quantitative estimate of drug-likeness (QED) is 0.529. The van der Waals surface area contributed by atoms with Crippen LogP contribution < -0.4 is 10.5 Å². The molecular formula is C19H31NO. The zero-order chi connectivity index (χ0) is 15.1. The average molecular weight is 289 g/mol. The summed E-state index contributed by atoms with van der Waals surface area (Å²) in [6.45, 7) is 4.95. The van der Waals surface area contributed by atoms with Gasteiger partial charge in [-0.1, -0.05) is 38.7 Å². The highest BCUT2D eigenvalue weighted by molar-refractivity contribution is 5.54. The van der Waals surface area contributed by atoms with Crippen LogP contribution in [0.5, 0.6) is 5.75 Å². The zero-order valence-electron chi connectivity index (χ0n) is 13.7. The third kappa shape index (κ3) is 4.66. The van der Waals surface area contributed by atoms with Crippen molar-refractivity contribution in [2.45, 2.75) is 71.1 Å². The van der Waals surface area contributed by atoms with Gasteiger partial charge in [-0.25, -0.2) is 0 Å². The predicted octanol–water partition coefficient (Wildman–Crippen LogP) is 5.52. The molecule has 1 fully saturated rings. The fraction of sp³-hybridized carbons (Fsp3) is 0.684. The summed E-state index contributed by atoms with van der Waals surface area (Å²) in [5.41, 5.74) is 8.29. The third-order valence-electron chi connectivity index (χ3n) is 4.87. The molecule has 0 saturated heterocycles. The van der Waals surface area contributed by atoms with Crippen LogP contribution >= 0.6 is 0 Å². The largest absolute Gasteiger partial charge is 0.492 e.